The monoisotopic (exact) mass is 444 g/mol. The summed E-state index contributed by atoms with van der Waals surface area (Å²) >= 11 is 3.53. The predicted molar refractivity (Wildman–Crippen MR) is 125 cm³/mol. The molecular formula is C24H33BrOSi. The van der Waals surface area contributed by atoms with Crippen LogP contribution in [0.2, 0.25) is 5.04 Å². The van der Waals surface area contributed by atoms with Crippen LogP contribution in [0.1, 0.15) is 47.5 Å². The number of allylic oxidation sites excluding steroid dienone is 2. The van der Waals surface area contributed by atoms with Crippen molar-refractivity contribution in [3.63, 3.8) is 0 Å². The Kier molecular flexibility index (Phi) is 8.08. The van der Waals surface area contributed by atoms with E-state index in [0.29, 0.717) is 0 Å². The van der Waals surface area contributed by atoms with Crippen LogP contribution in [0, 0.1) is 0 Å². The third-order valence-electron chi connectivity index (χ3n) is 5.07. The molecule has 2 aromatic carbocycles. The Hall–Kier alpha value is -1.16. The molecule has 0 aliphatic heterocycles. The van der Waals surface area contributed by atoms with Crippen LogP contribution < -0.4 is 10.4 Å². The molecule has 0 spiro atoms. The molecule has 0 bridgehead atoms. The van der Waals surface area contributed by atoms with Gasteiger partial charge in [0.15, 0.2) is 0 Å². The predicted octanol–water partition coefficient (Wildman–Crippen LogP) is 6.07. The van der Waals surface area contributed by atoms with Crippen LogP contribution in [0.4, 0.5) is 0 Å². The van der Waals surface area contributed by atoms with Gasteiger partial charge in [-0.2, -0.15) is 0 Å². The molecule has 0 aromatic heterocycles. The van der Waals surface area contributed by atoms with E-state index >= 15 is 0 Å². The highest BCUT2D eigenvalue weighted by atomic mass is 79.9. The molecule has 2 aromatic rings. The molecule has 0 heterocycles. The van der Waals surface area contributed by atoms with E-state index in [2.05, 4.69) is 117 Å². The third-order valence-corrected chi connectivity index (χ3v) is 11.1. The van der Waals surface area contributed by atoms with E-state index in [4.69, 9.17) is 4.43 Å². The average Bonchev–Trinajstić information content (AvgIpc) is 2.66. The second kappa shape index (κ2) is 9.86. The summed E-state index contributed by atoms with van der Waals surface area (Å²) in [6, 6.07) is 21.8. The Morgan fingerprint density at radius 2 is 1.48 bits per heavy atom. The summed E-state index contributed by atoms with van der Waals surface area (Å²) in [6.45, 7) is 11.4. The molecular weight excluding hydrogens is 412 g/mol. The van der Waals surface area contributed by atoms with Gasteiger partial charge in [-0.15, -0.1) is 0 Å². The normalized spacial score (nSPS) is 14.2. The van der Waals surface area contributed by atoms with Gasteiger partial charge in [0.05, 0.1) is 0 Å². The largest absolute Gasteiger partial charge is 0.405 e. The lowest BCUT2D eigenvalue weighted by Gasteiger charge is -2.44. The molecule has 1 atom stereocenters. The maximum atomic E-state index is 7.09. The van der Waals surface area contributed by atoms with Crippen LogP contribution in [-0.2, 0) is 4.43 Å². The zero-order valence-electron chi connectivity index (χ0n) is 17.3. The third kappa shape index (κ3) is 5.43. The van der Waals surface area contributed by atoms with E-state index in [9.17, 15) is 0 Å². The molecule has 0 aliphatic rings. The van der Waals surface area contributed by atoms with Gasteiger partial charge in [-0.05, 0) is 42.1 Å². The van der Waals surface area contributed by atoms with Gasteiger partial charge in [0, 0.05) is 11.4 Å². The summed E-state index contributed by atoms with van der Waals surface area (Å²) in [7, 11) is -2.43. The number of halogens is 1. The first-order chi connectivity index (χ1) is 12.8. The number of hydrogen-bond acceptors (Lipinski definition) is 1. The summed E-state index contributed by atoms with van der Waals surface area (Å²) in [5.41, 5.74) is 1.38. The Bertz CT molecular complexity index is 680. The average molecular weight is 446 g/mol. The fourth-order valence-electron chi connectivity index (χ4n) is 3.67. The molecule has 0 aliphatic carbocycles. The molecule has 1 unspecified atom stereocenters. The van der Waals surface area contributed by atoms with Crippen LogP contribution in [-0.4, -0.2) is 19.8 Å². The highest BCUT2D eigenvalue weighted by molar-refractivity contribution is 9.09. The van der Waals surface area contributed by atoms with Gasteiger partial charge in [0.2, 0.25) is 0 Å². The van der Waals surface area contributed by atoms with Crippen LogP contribution >= 0.6 is 15.9 Å². The van der Waals surface area contributed by atoms with Gasteiger partial charge in [-0.3, -0.25) is 0 Å². The lowest BCUT2D eigenvalue weighted by Crippen LogP contribution is -2.67. The first-order valence-electron chi connectivity index (χ1n) is 9.81. The van der Waals surface area contributed by atoms with Crippen molar-refractivity contribution in [2.75, 3.05) is 5.33 Å². The van der Waals surface area contributed by atoms with Gasteiger partial charge in [0.1, 0.15) is 0 Å². The van der Waals surface area contributed by atoms with Crippen molar-refractivity contribution in [2.24, 2.45) is 0 Å². The summed E-state index contributed by atoms with van der Waals surface area (Å²) in [4.78, 5) is 0. The zero-order chi connectivity index (χ0) is 19.9. The fraction of sp³-hybridized carbons (Fsp3) is 0.417. The van der Waals surface area contributed by atoms with E-state index in [1.807, 2.05) is 0 Å². The smallest absolute Gasteiger partial charge is 0.261 e. The topological polar surface area (TPSA) is 9.23 Å². The standard InChI is InChI=1S/C24H33BrOSi/c1-20(19-25)13-12-14-21(2)26-27(24(3,4)5,22-15-8-6-9-16-22)23-17-10-7-11-18-23/h6-11,13,15-18,21H,12,14,19H2,1-5H3/b20-13+. The summed E-state index contributed by atoms with van der Waals surface area (Å²) in [5.74, 6) is 0. The molecule has 0 amide bonds. The Morgan fingerprint density at radius 1 is 1.00 bits per heavy atom. The summed E-state index contributed by atoms with van der Waals surface area (Å²) in [5, 5.41) is 3.67. The number of hydrogen-bond donors (Lipinski definition) is 0. The van der Waals surface area contributed by atoms with Crippen molar-refractivity contribution in [1.82, 2.24) is 0 Å². The molecule has 3 heteroatoms. The molecule has 27 heavy (non-hydrogen) atoms. The van der Waals surface area contributed by atoms with Crippen molar-refractivity contribution in [3.05, 3.63) is 72.3 Å². The van der Waals surface area contributed by atoms with Crippen molar-refractivity contribution < 1.29 is 4.43 Å². The molecule has 146 valence electrons. The second-order valence-corrected chi connectivity index (χ2v) is 13.2. The van der Waals surface area contributed by atoms with E-state index in [1.54, 1.807) is 0 Å². The minimum atomic E-state index is -2.43. The van der Waals surface area contributed by atoms with E-state index < -0.39 is 8.32 Å². The minimum absolute atomic E-state index is 0.0333. The molecule has 0 saturated carbocycles. The Morgan fingerprint density at radius 3 is 1.89 bits per heavy atom. The van der Waals surface area contributed by atoms with Gasteiger partial charge in [-0.1, -0.05) is 109 Å². The summed E-state index contributed by atoms with van der Waals surface area (Å²) < 4.78 is 7.09. The van der Waals surface area contributed by atoms with Crippen LogP contribution in [0.3, 0.4) is 0 Å². The molecule has 0 saturated heterocycles. The highest BCUT2D eigenvalue weighted by Crippen LogP contribution is 2.37. The van der Waals surface area contributed by atoms with Gasteiger partial charge >= 0.3 is 0 Å². The molecule has 0 fully saturated rings. The van der Waals surface area contributed by atoms with Crippen LogP contribution in [0.5, 0.6) is 0 Å². The SMILES string of the molecule is C/C(=C\CCC(C)O[Si](c1ccccc1)(c1ccccc1)C(C)(C)C)CBr. The maximum absolute atomic E-state index is 7.09. The van der Waals surface area contributed by atoms with Gasteiger partial charge < -0.3 is 4.43 Å². The number of benzene rings is 2. The van der Waals surface area contributed by atoms with Crippen molar-refractivity contribution in [3.8, 4) is 0 Å². The Balaban J connectivity index is 2.43. The Labute approximate surface area is 175 Å². The number of rotatable bonds is 8. The lowest BCUT2D eigenvalue weighted by molar-refractivity contribution is 0.197. The van der Waals surface area contributed by atoms with Gasteiger partial charge in [-0.25, -0.2) is 0 Å². The first-order valence-corrected chi connectivity index (χ1v) is 12.8. The fourth-order valence-corrected chi connectivity index (χ4v) is 8.64. The van der Waals surface area contributed by atoms with Crippen molar-refractivity contribution >= 4 is 34.6 Å². The van der Waals surface area contributed by atoms with E-state index in [0.717, 1.165) is 18.2 Å². The quantitative estimate of drug-likeness (QED) is 0.272. The first kappa shape index (κ1) is 22.1. The summed E-state index contributed by atoms with van der Waals surface area (Å²) in [6.07, 6.45) is 4.61. The molecule has 2 rings (SSSR count). The highest BCUT2D eigenvalue weighted by Gasteiger charge is 2.50. The van der Waals surface area contributed by atoms with Crippen molar-refractivity contribution in [2.45, 2.75) is 58.6 Å². The molecule has 1 nitrogen and oxygen atoms in total. The minimum Gasteiger partial charge on any atom is -0.405 e. The molecule has 0 radical (unpaired) electrons. The number of alkyl halides is 1. The van der Waals surface area contributed by atoms with E-state index in [-0.39, 0.29) is 11.1 Å². The second-order valence-electron chi connectivity index (χ2n) is 8.35. The zero-order valence-corrected chi connectivity index (χ0v) is 19.9. The maximum Gasteiger partial charge on any atom is 0.261 e. The van der Waals surface area contributed by atoms with Crippen LogP contribution in [0.25, 0.3) is 0 Å². The van der Waals surface area contributed by atoms with E-state index in [1.165, 1.54) is 15.9 Å². The van der Waals surface area contributed by atoms with Crippen molar-refractivity contribution in [1.29, 1.82) is 0 Å². The molecule has 0 N–H and O–H groups in total. The lowest BCUT2D eigenvalue weighted by atomic mass is 10.2. The van der Waals surface area contributed by atoms with Crippen LogP contribution in [0.15, 0.2) is 72.3 Å². The van der Waals surface area contributed by atoms with Gasteiger partial charge in [0.25, 0.3) is 8.32 Å².